The summed E-state index contributed by atoms with van der Waals surface area (Å²) in [6.07, 6.45) is 2.95. The fourth-order valence-corrected chi connectivity index (χ4v) is 3.75. The maximum absolute atomic E-state index is 12.0. The number of rotatable bonds is 7. The van der Waals surface area contributed by atoms with Crippen LogP contribution >= 0.6 is 27.3 Å². The van der Waals surface area contributed by atoms with E-state index in [0.29, 0.717) is 5.01 Å². The Morgan fingerprint density at radius 2 is 2.14 bits per heavy atom. The van der Waals surface area contributed by atoms with Crippen LogP contribution in [0, 0.1) is 0 Å². The predicted octanol–water partition coefficient (Wildman–Crippen LogP) is 2.90. The van der Waals surface area contributed by atoms with Crippen molar-refractivity contribution in [3.63, 3.8) is 0 Å². The van der Waals surface area contributed by atoms with E-state index < -0.39 is 5.91 Å². The van der Waals surface area contributed by atoms with Crippen molar-refractivity contribution in [3.05, 3.63) is 57.4 Å². The molecule has 0 unspecified atom stereocenters. The third-order valence-electron chi connectivity index (χ3n) is 3.60. The van der Waals surface area contributed by atoms with E-state index in [1.54, 1.807) is 12.3 Å². The fourth-order valence-electron chi connectivity index (χ4n) is 2.26. The molecule has 0 saturated heterocycles. The van der Waals surface area contributed by atoms with Gasteiger partial charge >= 0.3 is 0 Å². The van der Waals surface area contributed by atoms with Gasteiger partial charge in [-0.15, -0.1) is 10.2 Å². The summed E-state index contributed by atoms with van der Waals surface area (Å²) in [6.45, 7) is 0. The number of furan rings is 1. The Morgan fingerprint density at radius 3 is 2.83 bits per heavy atom. The SMILES string of the molecule is CN(C)c1ccc(/C=N/NC(=O)Cc2nnc(NC(=O)c3ccco3)s2)cc1Br. The van der Waals surface area contributed by atoms with Crippen molar-refractivity contribution in [3.8, 4) is 0 Å². The second-order valence-electron chi connectivity index (χ2n) is 6.01. The number of halogens is 1. The molecule has 150 valence electrons. The smallest absolute Gasteiger partial charge is 0.293 e. The van der Waals surface area contributed by atoms with Gasteiger partial charge in [-0.2, -0.15) is 5.10 Å². The van der Waals surface area contributed by atoms with Crippen LogP contribution in [0.3, 0.4) is 0 Å². The molecule has 11 heteroatoms. The van der Waals surface area contributed by atoms with Gasteiger partial charge in [-0.05, 0) is 45.8 Å². The number of anilines is 2. The number of nitrogens with zero attached hydrogens (tertiary/aromatic N) is 4. The van der Waals surface area contributed by atoms with E-state index in [9.17, 15) is 9.59 Å². The minimum Gasteiger partial charge on any atom is -0.459 e. The van der Waals surface area contributed by atoms with Crippen molar-refractivity contribution in [2.24, 2.45) is 5.10 Å². The summed E-state index contributed by atoms with van der Waals surface area (Å²) in [5.74, 6) is -0.609. The number of carbonyl (C=O) groups excluding carboxylic acids is 2. The zero-order chi connectivity index (χ0) is 20.8. The van der Waals surface area contributed by atoms with E-state index >= 15 is 0 Å². The third-order valence-corrected chi connectivity index (χ3v) is 5.07. The summed E-state index contributed by atoms with van der Waals surface area (Å²) in [5.41, 5.74) is 4.32. The van der Waals surface area contributed by atoms with Crippen LogP contribution in [0.5, 0.6) is 0 Å². The topological polar surface area (TPSA) is 113 Å². The molecule has 3 aromatic rings. The minimum absolute atomic E-state index is 0.00507. The van der Waals surface area contributed by atoms with Crippen molar-refractivity contribution in [2.75, 3.05) is 24.3 Å². The van der Waals surface area contributed by atoms with Gasteiger partial charge in [0.05, 0.1) is 24.6 Å². The molecule has 0 aliphatic carbocycles. The highest BCUT2D eigenvalue weighted by atomic mass is 79.9. The average molecular weight is 477 g/mol. The first-order chi connectivity index (χ1) is 13.9. The van der Waals surface area contributed by atoms with Gasteiger partial charge in [-0.25, -0.2) is 5.43 Å². The maximum atomic E-state index is 12.0. The first kappa shape index (κ1) is 20.7. The zero-order valence-corrected chi connectivity index (χ0v) is 18.0. The lowest BCUT2D eigenvalue weighted by Gasteiger charge is -2.14. The molecule has 0 fully saturated rings. The van der Waals surface area contributed by atoms with Crippen LogP contribution in [-0.2, 0) is 11.2 Å². The Bertz CT molecular complexity index is 1030. The van der Waals surface area contributed by atoms with Crippen LogP contribution in [0.1, 0.15) is 21.1 Å². The molecule has 2 aromatic heterocycles. The number of hydrazone groups is 1. The van der Waals surface area contributed by atoms with E-state index in [1.165, 1.54) is 12.3 Å². The highest BCUT2D eigenvalue weighted by Gasteiger charge is 2.13. The van der Waals surface area contributed by atoms with Crippen LogP contribution in [0.2, 0.25) is 0 Å². The van der Waals surface area contributed by atoms with Gasteiger partial charge in [0.2, 0.25) is 11.0 Å². The molecular weight excluding hydrogens is 460 g/mol. The molecule has 0 atom stereocenters. The first-order valence-electron chi connectivity index (χ1n) is 8.38. The summed E-state index contributed by atoms with van der Waals surface area (Å²) in [4.78, 5) is 25.9. The molecule has 2 amide bonds. The number of hydrogen-bond acceptors (Lipinski definition) is 8. The molecule has 0 aliphatic rings. The molecule has 2 heterocycles. The van der Waals surface area contributed by atoms with E-state index in [4.69, 9.17) is 4.42 Å². The van der Waals surface area contributed by atoms with Gasteiger partial charge in [0.1, 0.15) is 5.01 Å². The standard InChI is InChI=1S/C18H17BrN6O3S/c1-25(2)13-6-5-11(8-12(13)19)10-20-22-15(26)9-16-23-24-18(29-16)21-17(27)14-4-3-7-28-14/h3-8,10H,9H2,1-2H3,(H,22,26)(H,21,24,27)/b20-10+. The van der Waals surface area contributed by atoms with Gasteiger partial charge in [0.25, 0.3) is 5.91 Å². The maximum Gasteiger partial charge on any atom is 0.293 e. The lowest BCUT2D eigenvalue weighted by molar-refractivity contribution is -0.120. The monoisotopic (exact) mass is 476 g/mol. The highest BCUT2D eigenvalue weighted by molar-refractivity contribution is 9.10. The van der Waals surface area contributed by atoms with E-state index in [1.807, 2.05) is 37.2 Å². The molecule has 0 spiro atoms. The van der Waals surface area contributed by atoms with E-state index in [0.717, 1.165) is 27.1 Å². The molecule has 0 saturated carbocycles. The van der Waals surface area contributed by atoms with Gasteiger partial charge in [0, 0.05) is 18.6 Å². The lowest BCUT2D eigenvalue weighted by atomic mass is 10.2. The second kappa shape index (κ2) is 9.43. The Kier molecular flexibility index (Phi) is 6.73. The van der Waals surface area contributed by atoms with E-state index in [-0.39, 0.29) is 23.2 Å². The molecule has 0 aliphatic heterocycles. The van der Waals surface area contributed by atoms with Crippen LogP contribution in [0.25, 0.3) is 0 Å². The molecule has 9 nitrogen and oxygen atoms in total. The number of aromatic nitrogens is 2. The summed E-state index contributed by atoms with van der Waals surface area (Å²) >= 11 is 4.61. The van der Waals surface area contributed by atoms with Crippen LogP contribution in [0.15, 0.2) is 50.6 Å². The first-order valence-corrected chi connectivity index (χ1v) is 9.99. The van der Waals surface area contributed by atoms with Crippen LogP contribution in [-0.4, -0.2) is 42.3 Å². The number of nitrogens with one attached hydrogen (secondary N) is 2. The highest BCUT2D eigenvalue weighted by Crippen LogP contribution is 2.25. The Hall–Kier alpha value is -3.05. The molecular formula is C18H17BrN6O3S. The molecule has 2 N–H and O–H groups in total. The lowest BCUT2D eigenvalue weighted by Crippen LogP contribution is -2.19. The predicted molar refractivity (Wildman–Crippen MR) is 114 cm³/mol. The van der Waals surface area contributed by atoms with Crippen molar-refractivity contribution < 1.29 is 14.0 Å². The van der Waals surface area contributed by atoms with Gasteiger partial charge in [-0.3, -0.25) is 14.9 Å². The Balaban J connectivity index is 1.51. The van der Waals surface area contributed by atoms with Crippen LogP contribution in [0.4, 0.5) is 10.8 Å². The van der Waals surface area contributed by atoms with Crippen molar-refractivity contribution in [1.29, 1.82) is 0 Å². The summed E-state index contributed by atoms with van der Waals surface area (Å²) < 4.78 is 5.93. The molecule has 0 radical (unpaired) electrons. The molecule has 3 rings (SSSR count). The summed E-state index contributed by atoms with van der Waals surface area (Å²) in [7, 11) is 3.91. The van der Waals surface area contributed by atoms with Crippen LogP contribution < -0.4 is 15.6 Å². The Labute approximate surface area is 178 Å². The van der Waals surface area contributed by atoms with Gasteiger partial charge < -0.3 is 9.32 Å². The number of carbonyl (C=O) groups is 2. The number of hydrogen-bond donors (Lipinski definition) is 2. The summed E-state index contributed by atoms with van der Waals surface area (Å²) in [6, 6.07) is 8.90. The second-order valence-corrected chi connectivity index (χ2v) is 7.92. The van der Waals surface area contributed by atoms with E-state index in [2.05, 4.69) is 42.0 Å². The van der Waals surface area contributed by atoms with Crippen molar-refractivity contribution in [2.45, 2.75) is 6.42 Å². The van der Waals surface area contributed by atoms with Crippen molar-refractivity contribution >= 4 is 56.1 Å². The average Bonchev–Trinajstić information content (AvgIpc) is 3.33. The fraction of sp³-hybridized carbons (Fsp3) is 0.167. The minimum atomic E-state index is -0.432. The van der Waals surface area contributed by atoms with Crippen molar-refractivity contribution in [1.82, 2.24) is 15.6 Å². The Morgan fingerprint density at radius 1 is 1.31 bits per heavy atom. The normalized spacial score (nSPS) is 10.9. The largest absolute Gasteiger partial charge is 0.459 e. The summed E-state index contributed by atoms with van der Waals surface area (Å²) in [5, 5.41) is 15.0. The number of amides is 2. The van der Waals surface area contributed by atoms with Gasteiger partial charge in [0.15, 0.2) is 5.76 Å². The quantitative estimate of drug-likeness (QED) is 0.400. The zero-order valence-electron chi connectivity index (χ0n) is 15.5. The number of benzene rings is 1. The third kappa shape index (κ3) is 5.72. The van der Waals surface area contributed by atoms with Gasteiger partial charge in [-0.1, -0.05) is 17.4 Å². The molecule has 1 aromatic carbocycles. The molecule has 29 heavy (non-hydrogen) atoms. The molecule has 0 bridgehead atoms.